The maximum absolute atomic E-state index is 10.9. The van der Waals surface area contributed by atoms with Crippen LogP contribution in [-0.2, 0) is 9.59 Å². The highest BCUT2D eigenvalue weighted by atomic mass is 16.2. The molecular formula is C7H11NO2. The number of amides is 2. The predicted octanol–water partition coefficient (Wildman–Crippen LogP) is 0.305. The summed E-state index contributed by atoms with van der Waals surface area (Å²) in [6, 6.07) is 0. The minimum absolute atomic E-state index is 0.0903. The van der Waals surface area contributed by atoms with Crippen LogP contribution in [0.25, 0.3) is 0 Å². The Kier molecular flexibility index (Phi) is 1.74. The van der Waals surface area contributed by atoms with Crippen molar-refractivity contribution in [1.29, 1.82) is 0 Å². The van der Waals surface area contributed by atoms with Gasteiger partial charge in [-0.2, -0.15) is 0 Å². The number of carbonyl (C=O) groups is 2. The molecule has 1 aliphatic heterocycles. The quantitative estimate of drug-likeness (QED) is 0.534. The first kappa shape index (κ1) is 7.25. The van der Waals surface area contributed by atoms with Crippen LogP contribution in [0.5, 0.6) is 0 Å². The van der Waals surface area contributed by atoms with Crippen LogP contribution in [0, 0.1) is 11.8 Å². The highest BCUT2D eigenvalue weighted by Gasteiger charge is 2.32. The summed E-state index contributed by atoms with van der Waals surface area (Å²) in [5.41, 5.74) is 0. The monoisotopic (exact) mass is 141 g/mol. The van der Waals surface area contributed by atoms with E-state index in [2.05, 4.69) is 5.32 Å². The fourth-order valence-corrected chi connectivity index (χ4v) is 1.11. The van der Waals surface area contributed by atoms with Crippen molar-refractivity contribution in [1.82, 2.24) is 5.32 Å². The SMILES string of the molecule is CC(C)[C@@H]1CC(=O)NC1=O. The van der Waals surface area contributed by atoms with E-state index in [1.807, 2.05) is 13.8 Å². The predicted molar refractivity (Wildman–Crippen MR) is 36.1 cm³/mol. The third-order valence-electron chi connectivity index (χ3n) is 1.81. The van der Waals surface area contributed by atoms with E-state index in [9.17, 15) is 9.59 Å². The summed E-state index contributed by atoms with van der Waals surface area (Å²) in [5.74, 6) is -0.0670. The van der Waals surface area contributed by atoms with Crippen molar-refractivity contribution in [2.24, 2.45) is 11.8 Å². The van der Waals surface area contributed by atoms with E-state index >= 15 is 0 Å². The second-order valence-electron chi connectivity index (χ2n) is 2.97. The van der Waals surface area contributed by atoms with E-state index in [-0.39, 0.29) is 23.7 Å². The zero-order chi connectivity index (χ0) is 7.72. The highest BCUT2D eigenvalue weighted by Crippen LogP contribution is 2.19. The second-order valence-corrected chi connectivity index (χ2v) is 2.97. The number of imide groups is 1. The summed E-state index contributed by atoms with van der Waals surface area (Å²) in [5, 5.41) is 2.27. The van der Waals surface area contributed by atoms with Crippen LogP contribution >= 0.6 is 0 Å². The van der Waals surface area contributed by atoms with E-state index in [4.69, 9.17) is 0 Å². The Morgan fingerprint density at radius 3 is 2.30 bits per heavy atom. The smallest absolute Gasteiger partial charge is 0.230 e. The van der Waals surface area contributed by atoms with Crippen LogP contribution in [0.1, 0.15) is 20.3 Å². The fourth-order valence-electron chi connectivity index (χ4n) is 1.11. The van der Waals surface area contributed by atoms with Gasteiger partial charge in [0.15, 0.2) is 0 Å². The van der Waals surface area contributed by atoms with Gasteiger partial charge in [0.05, 0.1) is 0 Å². The first-order chi connectivity index (χ1) is 4.61. The van der Waals surface area contributed by atoms with Gasteiger partial charge in [0.2, 0.25) is 11.8 Å². The lowest BCUT2D eigenvalue weighted by Crippen LogP contribution is -2.24. The Bertz CT molecular complexity index is 174. The molecule has 1 fully saturated rings. The van der Waals surface area contributed by atoms with E-state index in [1.54, 1.807) is 0 Å². The molecule has 0 aromatic carbocycles. The molecule has 1 atom stereocenters. The van der Waals surface area contributed by atoms with Crippen molar-refractivity contribution in [2.45, 2.75) is 20.3 Å². The van der Waals surface area contributed by atoms with Crippen molar-refractivity contribution >= 4 is 11.8 Å². The van der Waals surface area contributed by atoms with Gasteiger partial charge in [0.25, 0.3) is 0 Å². The summed E-state index contributed by atoms with van der Waals surface area (Å²) in [4.78, 5) is 21.5. The molecule has 1 N–H and O–H groups in total. The average Bonchev–Trinajstić information content (AvgIpc) is 2.10. The van der Waals surface area contributed by atoms with Crippen LogP contribution in [-0.4, -0.2) is 11.8 Å². The lowest BCUT2D eigenvalue weighted by Gasteiger charge is -2.07. The van der Waals surface area contributed by atoms with E-state index in [1.165, 1.54) is 0 Å². The molecule has 1 saturated heterocycles. The summed E-state index contributed by atoms with van der Waals surface area (Å²) in [6.45, 7) is 3.89. The first-order valence-corrected chi connectivity index (χ1v) is 3.45. The van der Waals surface area contributed by atoms with Gasteiger partial charge in [-0.15, -0.1) is 0 Å². The average molecular weight is 141 g/mol. The molecule has 0 aliphatic carbocycles. The molecule has 2 amide bonds. The molecule has 0 unspecified atom stereocenters. The number of carbonyl (C=O) groups excluding carboxylic acids is 2. The lowest BCUT2D eigenvalue weighted by molar-refractivity contribution is -0.126. The Hall–Kier alpha value is -0.860. The maximum atomic E-state index is 10.9. The van der Waals surface area contributed by atoms with Crippen LogP contribution in [0.4, 0.5) is 0 Å². The largest absolute Gasteiger partial charge is 0.296 e. The molecule has 0 spiro atoms. The zero-order valence-electron chi connectivity index (χ0n) is 6.18. The highest BCUT2D eigenvalue weighted by molar-refractivity contribution is 6.03. The normalized spacial score (nSPS) is 25.7. The molecule has 1 aliphatic rings. The molecule has 0 aromatic rings. The van der Waals surface area contributed by atoms with Crippen LogP contribution in [0.2, 0.25) is 0 Å². The molecule has 56 valence electrons. The standard InChI is InChI=1S/C7H11NO2/c1-4(2)5-3-6(9)8-7(5)10/h4-5H,3H2,1-2H3,(H,8,9,10)/t5-/m0/s1. The molecule has 3 nitrogen and oxygen atoms in total. The fraction of sp³-hybridized carbons (Fsp3) is 0.714. The van der Waals surface area contributed by atoms with Gasteiger partial charge in [-0.25, -0.2) is 0 Å². The van der Waals surface area contributed by atoms with E-state index in [0.717, 1.165) is 0 Å². The number of hydrogen-bond donors (Lipinski definition) is 1. The first-order valence-electron chi connectivity index (χ1n) is 3.45. The number of rotatable bonds is 1. The van der Waals surface area contributed by atoms with Gasteiger partial charge in [0, 0.05) is 12.3 Å². The maximum Gasteiger partial charge on any atom is 0.230 e. The third-order valence-corrected chi connectivity index (χ3v) is 1.81. The van der Waals surface area contributed by atoms with Crippen LogP contribution in [0.15, 0.2) is 0 Å². The molecule has 0 aromatic heterocycles. The number of nitrogens with one attached hydrogen (secondary N) is 1. The van der Waals surface area contributed by atoms with E-state index < -0.39 is 0 Å². The summed E-state index contributed by atoms with van der Waals surface area (Å²) in [7, 11) is 0. The molecular weight excluding hydrogens is 130 g/mol. The minimum atomic E-state index is -0.135. The Morgan fingerprint density at radius 2 is 2.10 bits per heavy atom. The van der Waals surface area contributed by atoms with Crippen LogP contribution < -0.4 is 5.32 Å². The van der Waals surface area contributed by atoms with Gasteiger partial charge >= 0.3 is 0 Å². The molecule has 0 saturated carbocycles. The van der Waals surface area contributed by atoms with Crippen molar-refractivity contribution < 1.29 is 9.59 Å². The van der Waals surface area contributed by atoms with Crippen molar-refractivity contribution in [3.05, 3.63) is 0 Å². The zero-order valence-corrected chi connectivity index (χ0v) is 6.18. The molecule has 0 radical (unpaired) electrons. The Balaban J connectivity index is 2.63. The molecule has 1 rings (SSSR count). The Labute approximate surface area is 59.8 Å². The van der Waals surface area contributed by atoms with Crippen LogP contribution in [0.3, 0.4) is 0 Å². The molecule has 10 heavy (non-hydrogen) atoms. The third kappa shape index (κ3) is 1.17. The molecule has 3 heteroatoms. The summed E-state index contributed by atoms with van der Waals surface area (Å²) in [6.07, 6.45) is 0.372. The topological polar surface area (TPSA) is 46.2 Å². The van der Waals surface area contributed by atoms with Crippen molar-refractivity contribution in [2.75, 3.05) is 0 Å². The van der Waals surface area contributed by atoms with Gasteiger partial charge in [-0.1, -0.05) is 13.8 Å². The summed E-state index contributed by atoms with van der Waals surface area (Å²) < 4.78 is 0. The van der Waals surface area contributed by atoms with Crippen molar-refractivity contribution in [3.8, 4) is 0 Å². The van der Waals surface area contributed by atoms with Gasteiger partial charge < -0.3 is 0 Å². The lowest BCUT2D eigenvalue weighted by atomic mass is 9.95. The second kappa shape index (κ2) is 2.40. The Morgan fingerprint density at radius 1 is 1.50 bits per heavy atom. The summed E-state index contributed by atoms with van der Waals surface area (Å²) >= 11 is 0. The molecule has 0 bridgehead atoms. The van der Waals surface area contributed by atoms with E-state index in [0.29, 0.717) is 6.42 Å². The minimum Gasteiger partial charge on any atom is -0.296 e. The van der Waals surface area contributed by atoms with Gasteiger partial charge in [-0.3, -0.25) is 14.9 Å². The van der Waals surface area contributed by atoms with Gasteiger partial charge in [0.1, 0.15) is 0 Å². The molecule has 1 heterocycles. The van der Waals surface area contributed by atoms with Gasteiger partial charge in [-0.05, 0) is 5.92 Å². The van der Waals surface area contributed by atoms with Crippen molar-refractivity contribution in [3.63, 3.8) is 0 Å². The number of hydrogen-bond acceptors (Lipinski definition) is 2.